The molecule has 0 amide bonds. The van der Waals surface area contributed by atoms with Gasteiger partial charge in [0.05, 0.1) is 11.8 Å². The summed E-state index contributed by atoms with van der Waals surface area (Å²) < 4.78 is 1.63. The second-order valence-electron chi connectivity index (χ2n) is 4.88. The first-order chi connectivity index (χ1) is 7.41. The minimum Gasteiger partial charge on any atom is -0.358 e. The maximum atomic E-state index is 11.1. The molecule has 0 aliphatic rings. The molecule has 0 aliphatic carbocycles. The number of nitro groups is 1. The van der Waals surface area contributed by atoms with Crippen LogP contribution in [0.1, 0.15) is 26.3 Å². The molecule has 2 heterocycles. The van der Waals surface area contributed by atoms with Crippen molar-refractivity contribution in [3.05, 3.63) is 46.1 Å². The summed E-state index contributed by atoms with van der Waals surface area (Å²) in [7, 11) is 0. The molecule has 0 radical (unpaired) electrons. The predicted octanol–water partition coefficient (Wildman–Crippen LogP) is 3.15. The summed E-state index contributed by atoms with van der Waals surface area (Å²) in [4.78, 5) is 10.8. The minimum absolute atomic E-state index is 0.170. The van der Waals surface area contributed by atoms with Gasteiger partial charge in [0.1, 0.15) is 5.52 Å². The molecule has 2 rings (SSSR count). The van der Waals surface area contributed by atoms with Crippen molar-refractivity contribution in [2.75, 3.05) is 0 Å². The van der Waals surface area contributed by atoms with Crippen molar-refractivity contribution in [3.8, 4) is 0 Å². The average Bonchev–Trinajstić information content (AvgIpc) is 2.55. The number of hydrogen-bond donors (Lipinski definition) is 0. The smallest absolute Gasteiger partial charge is 0.331 e. The van der Waals surface area contributed by atoms with E-state index in [9.17, 15) is 10.1 Å². The highest BCUT2D eigenvalue weighted by molar-refractivity contribution is 5.60. The Labute approximate surface area is 93.7 Å². The van der Waals surface area contributed by atoms with Gasteiger partial charge in [-0.1, -0.05) is 26.8 Å². The topological polar surface area (TPSA) is 47.5 Å². The lowest BCUT2D eigenvalue weighted by Crippen LogP contribution is -2.12. The number of hydrogen-bond acceptors (Lipinski definition) is 2. The van der Waals surface area contributed by atoms with Gasteiger partial charge in [0, 0.05) is 0 Å². The number of pyridine rings is 1. The van der Waals surface area contributed by atoms with Crippen molar-refractivity contribution in [2.45, 2.75) is 26.2 Å². The first kappa shape index (κ1) is 10.7. The molecule has 16 heavy (non-hydrogen) atoms. The van der Waals surface area contributed by atoms with Gasteiger partial charge in [-0.2, -0.15) is 4.40 Å². The molecule has 0 fully saturated rings. The van der Waals surface area contributed by atoms with Crippen molar-refractivity contribution in [1.29, 1.82) is 0 Å². The van der Waals surface area contributed by atoms with Gasteiger partial charge < -0.3 is 10.1 Å². The fraction of sp³-hybridized carbons (Fsp3) is 0.333. The summed E-state index contributed by atoms with van der Waals surface area (Å²) in [6.07, 6.45) is 1.72. The molecule has 4 heteroatoms. The standard InChI is InChI=1S/C12H14N2O2/c1-12(2,3)10-8-9-6-4-5-7-13(9)11(10)14(15)16/h4-8H,1-3H3. The van der Waals surface area contributed by atoms with Crippen LogP contribution in [0.2, 0.25) is 0 Å². The van der Waals surface area contributed by atoms with Crippen LogP contribution in [0.4, 0.5) is 5.82 Å². The van der Waals surface area contributed by atoms with Crippen molar-refractivity contribution in [2.24, 2.45) is 0 Å². The van der Waals surface area contributed by atoms with Gasteiger partial charge in [-0.3, -0.25) is 0 Å². The fourth-order valence-corrected chi connectivity index (χ4v) is 1.85. The molecule has 0 saturated carbocycles. The number of rotatable bonds is 1. The zero-order valence-corrected chi connectivity index (χ0v) is 9.60. The van der Waals surface area contributed by atoms with Gasteiger partial charge >= 0.3 is 5.82 Å². The normalized spacial score (nSPS) is 11.9. The molecular weight excluding hydrogens is 204 g/mol. The highest BCUT2D eigenvalue weighted by atomic mass is 16.6. The maximum Gasteiger partial charge on any atom is 0.331 e. The largest absolute Gasteiger partial charge is 0.358 e. The third-order valence-electron chi connectivity index (χ3n) is 2.63. The molecule has 0 aliphatic heterocycles. The molecule has 0 saturated heterocycles. The van der Waals surface area contributed by atoms with Gasteiger partial charge in [0.15, 0.2) is 0 Å². The average molecular weight is 218 g/mol. The van der Waals surface area contributed by atoms with E-state index < -0.39 is 0 Å². The van der Waals surface area contributed by atoms with E-state index >= 15 is 0 Å². The lowest BCUT2D eigenvalue weighted by atomic mass is 9.88. The van der Waals surface area contributed by atoms with Crippen LogP contribution in [0.25, 0.3) is 5.52 Å². The summed E-state index contributed by atoms with van der Waals surface area (Å²) in [5.74, 6) is 0.170. The Hall–Kier alpha value is -1.84. The Kier molecular flexibility index (Phi) is 2.22. The fourth-order valence-electron chi connectivity index (χ4n) is 1.85. The molecule has 0 spiro atoms. The van der Waals surface area contributed by atoms with Crippen LogP contribution in [-0.4, -0.2) is 9.32 Å². The second-order valence-corrected chi connectivity index (χ2v) is 4.88. The van der Waals surface area contributed by atoms with E-state index in [1.54, 1.807) is 16.7 Å². The van der Waals surface area contributed by atoms with Crippen molar-refractivity contribution >= 4 is 11.3 Å². The summed E-state index contributed by atoms with van der Waals surface area (Å²) >= 11 is 0. The van der Waals surface area contributed by atoms with Crippen LogP contribution in [0.5, 0.6) is 0 Å². The first-order valence-corrected chi connectivity index (χ1v) is 5.16. The zero-order chi connectivity index (χ0) is 11.9. The third kappa shape index (κ3) is 1.56. The van der Waals surface area contributed by atoms with Crippen molar-refractivity contribution in [3.63, 3.8) is 0 Å². The Morgan fingerprint density at radius 3 is 2.56 bits per heavy atom. The molecule has 0 bridgehead atoms. The maximum absolute atomic E-state index is 11.1. The number of fused-ring (bicyclic) bond motifs is 1. The quantitative estimate of drug-likeness (QED) is 0.545. The highest BCUT2D eigenvalue weighted by Gasteiger charge is 2.28. The van der Waals surface area contributed by atoms with Gasteiger partial charge in [-0.15, -0.1) is 0 Å². The highest BCUT2D eigenvalue weighted by Crippen LogP contribution is 2.33. The summed E-state index contributed by atoms with van der Waals surface area (Å²) in [5, 5.41) is 11.1. The van der Waals surface area contributed by atoms with Gasteiger partial charge in [-0.25, -0.2) is 0 Å². The molecule has 0 N–H and O–H groups in total. The van der Waals surface area contributed by atoms with Crippen molar-refractivity contribution < 1.29 is 4.92 Å². The van der Waals surface area contributed by atoms with Crippen LogP contribution < -0.4 is 0 Å². The van der Waals surface area contributed by atoms with Gasteiger partial charge in [0.25, 0.3) is 0 Å². The Bertz CT molecular complexity index is 550. The van der Waals surface area contributed by atoms with Crippen LogP contribution in [-0.2, 0) is 5.41 Å². The molecule has 0 atom stereocenters. The molecule has 0 unspecified atom stereocenters. The van der Waals surface area contributed by atoms with E-state index in [-0.39, 0.29) is 16.2 Å². The SMILES string of the molecule is CC(C)(C)c1cc2ccccn2c1[N+](=O)[O-]. The lowest BCUT2D eigenvalue weighted by molar-refractivity contribution is -0.391. The van der Waals surface area contributed by atoms with Crippen molar-refractivity contribution in [1.82, 2.24) is 4.40 Å². The minimum atomic E-state index is -0.312. The molecule has 84 valence electrons. The summed E-state index contributed by atoms with van der Waals surface area (Å²) in [6.45, 7) is 5.94. The van der Waals surface area contributed by atoms with Crippen LogP contribution in [0.3, 0.4) is 0 Å². The number of nitrogens with zero attached hydrogens (tertiary/aromatic N) is 2. The van der Waals surface area contributed by atoms with E-state index in [1.807, 2.05) is 39.0 Å². The molecule has 2 aromatic heterocycles. The zero-order valence-electron chi connectivity index (χ0n) is 9.60. The first-order valence-electron chi connectivity index (χ1n) is 5.16. The van der Waals surface area contributed by atoms with E-state index in [0.717, 1.165) is 11.1 Å². The lowest BCUT2D eigenvalue weighted by Gasteiger charge is -2.15. The van der Waals surface area contributed by atoms with E-state index in [1.165, 1.54) is 0 Å². The monoisotopic (exact) mass is 218 g/mol. The predicted molar refractivity (Wildman–Crippen MR) is 62.8 cm³/mol. The van der Waals surface area contributed by atoms with E-state index in [4.69, 9.17) is 0 Å². The summed E-state index contributed by atoms with van der Waals surface area (Å²) in [6, 6.07) is 7.44. The van der Waals surface area contributed by atoms with E-state index in [0.29, 0.717) is 0 Å². The van der Waals surface area contributed by atoms with Crippen LogP contribution in [0.15, 0.2) is 30.5 Å². The van der Waals surface area contributed by atoms with E-state index in [2.05, 4.69) is 0 Å². The van der Waals surface area contributed by atoms with Gasteiger partial charge in [0.2, 0.25) is 0 Å². The Morgan fingerprint density at radius 1 is 1.31 bits per heavy atom. The van der Waals surface area contributed by atoms with Crippen LogP contribution in [0, 0.1) is 10.1 Å². The number of aromatic nitrogens is 1. The molecular formula is C12H14N2O2. The summed E-state index contributed by atoms with van der Waals surface area (Å²) in [5.41, 5.74) is 1.40. The van der Waals surface area contributed by atoms with Crippen LogP contribution >= 0.6 is 0 Å². The molecule has 4 nitrogen and oxygen atoms in total. The Morgan fingerprint density at radius 2 is 2.00 bits per heavy atom. The van der Waals surface area contributed by atoms with Gasteiger partial charge in [-0.05, 0) is 28.5 Å². The Balaban J connectivity index is 2.84. The third-order valence-corrected chi connectivity index (χ3v) is 2.63. The molecule has 2 aromatic rings. The molecule has 0 aromatic carbocycles. The second kappa shape index (κ2) is 3.33.